The minimum absolute atomic E-state index is 0.190. The quantitative estimate of drug-likeness (QED) is 0.379. The van der Waals surface area contributed by atoms with Gasteiger partial charge in [-0.3, -0.25) is 9.59 Å². The predicted molar refractivity (Wildman–Crippen MR) is 127 cm³/mol. The summed E-state index contributed by atoms with van der Waals surface area (Å²) in [5, 5.41) is 7.50. The summed E-state index contributed by atoms with van der Waals surface area (Å²) in [5.74, 6) is 1.06. The number of amides is 1. The van der Waals surface area contributed by atoms with Crippen molar-refractivity contribution in [3.05, 3.63) is 108 Å². The number of aromatic nitrogens is 4. The molecule has 34 heavy (non-hydrogen) atoms. The summed E-state index contributed by atoms with van der Waals surface area (Å²) in [6.07, 6.45) is 4.97. The standard InChI is InChI=1S/C26H21N5O3/c1-17-8-13-22(34-17)23-21(16-31(29-23)20-6-4-3-5-7-20)26(33)28-19-11-9-18(10-12-19)24(32)25-27-14-15-30(25)2/h3-16H,1-2H3,(H,28,33). The van der Waals surface area contributed by atoms with Gasteiger partial charge in [0.25, 0.3) is 5.91 Å². The molecule has 0 spiro atoms. The van der Waals surface area contributed by atoms with Crippen LogP contribution in [0, 0.1) is 6.92 Å². The number of ketones is 1. The number of rotatable bonds is 6. The van der Waals surface area contributed by atoms with Crippen LogP contribution in [0.4, 0.5) is 5.69 Å². The Bertz CT molecular complexity index is 1480. The SMILES string of the molecule is Cc1ccc(-c2nn(-c3ccccc3)cc2C(=O)Nc2ccc(C(=O)c3nccn3C)cc2)o1. The number of benzene rings is 2. The molecule has 1 N–H and O–H groups in total. The number of para-hydroxylation sites is 1. The molecule has 0 aliphatic carbocycles. The second-order valence-electron chi connectivity index (χ2n) is 7.80. The highest BCUT2D eigenvalue weighted by atomic mass is 16.3. The fourth-order valence-electron chi connectivity index (χ4n) is 3.61. The van der Waals surface area contributed by atoms with Crippen LogP contribution in [0.2, 0.25) is 0 Å². The molecule has 8 nitrogen and oxygen atoms in total. The van der Waals surface area contributed by atoms with Gasteiger partial charge in [-0.2, -0.15) is 5.10 Å². The first kappa shape index (κ1) is 21.1. The fourth-order valence-corrected chi connectivity index (χ4v) is 3.61. The van der Waals surface area contributed by atoms with E-state index in [4.69, 9.17) is 4.42 Å². The summed E-state index contributed by atoms with van der Waals surface area (Å²) in [4.78, 5) is 30.0. The van der Waals surface area contributed by atoms with Crippen molar-refractivity contribution in [2.24, 2.45) is 7.05 Å². The zero-order chi connectivity index (χ0) is 23.7. The monoisotopic (exact) mass is 451 g/mol. The molecule has 0 fully saturated rings. The lowest BCUT2D eigenvalue weighted by Gasteiger charge is -2.06. The molecule has 0 aliphatic rings. The van der Waals surface area contributed by atoms with E-state index in [2.05, 4.69) is 15.4 Å². The molecule has 2 aromatic carbocycles. The van der Waals surface area contributed by atoms with Crippen LogP contribution in [-0.4, -0.2) is 31.0 Å². The van der Waals surface area contributed by atoms with Crippen LogP contribution in [0.1, 0.15) is 32.3 Å². The van der Waals surface area contributed by atoms with Gasteiger partial charge in [-0.15, -0.1) is 0 Å². The molecule has 3 aromatic heterocycles. The van der Waals surface area contributed by atoms with Crippen LogP contribution >= 0.6 is 0 Å². The van der Waals surface area contributed by atoms with Gasteiger partial charge in [0, 0.05) is 36.9 Å². The highest BCUT2D eigenvalue weighted by Crippen LogP contribution is 2.26. The molecular formula is C26H21N5O3. The first-order chi connectivity index (χ1) is 16.5. The highest BCUT2D eigenvalue weighted by molar-refractivity contribution is 6.09. The van der Waals surface area contributed by atoms with Crippen LogP contribution in [0.25, 0.3) is 17.1 Å². The predicted octanol–water partition coefficient (Wildman–Crippen LogP) is 4.66. The highest BCUT2D eigenvalue weighted by Gasteiger charge is 2.21. The van der Waals surface area contributed by atoms with Gasteiger partial charge in [-0.25, -0.2) is 9.67 Å². The number of nitrogens with one attached hydrogen (secondary N) is 1. The van der Waals surface area contributed by atoms with E-state index in [1.165, 1.54) is 0 Å². The second-order valence-corrected chi connectivity index (χ2v) is 7.80. The Balaban J connectivity index is 1.42. The van der Waals surface area contributed by atoms with E-state index < -0.39 is 0 Å². The van der Waals surface area contributed by atoms with Gasteiger partial charge in [-0.1, -0.05) is 18.2 Å². The summed E-state index contributed by atoms with van der Waals surface area (Å²) < 4.78 is 9.06. The summed E-state index contributed by atoms with van der Waals surface area (Å²) in [6, 6.07) is 19.9. The summed E-state index contributed by atoms with van der Waals surface area (Å²) in [7, 11) is 1.77. The Morgan fingerprint density at radius 2 is 1.74 bits per heavy atom. The molecule has 5 rings (SSSR count). The van der Waals surface area contributed by atoms with Crippen LogP contribution in [0.15, 0.2) is 89.7 Å². The van der Waals surface area contributed by atoms with E-state index in [1.807, 2.05) is 43.3 Å². The van der Waals surface area contributed by atoms with E-state index in [-0.39, 0.29) is 11.7 Å². The molecule has 0 saturated heterocycles. The van der Waals surface area contributed by atoms with Gasteiger partial charge in [0.05, 0.1) is 11.3 Å². The van der Waals surface area contributed by atoms with Crippen molar-refractivity contribution in [1.29, 1.82) is 0 Å². The molecule has 0 aliphatic heterocycles. The number of furan rings is 1. The van der Waals surface area contributed by atoms with Crippen molar-refractivity contribution < 1.29 is 14.0 Å². The number of anilines is 1. The molecule has 168 valence electrons. The molecular weight excluding hydrogens is 430 g/mol. The number of imidazole rings is 1. The maximum absolute atomic E-state index is 13.2. The van der Waals surface area contributed by atoms with Crippen molar-refractivity contribution in [3.63, 3.8) is 0 Å². The van der Waals surface area contributed by atoms with Crippen molar-refractivity contribution in [2.75, 3.05) is 5.32 Å². The molecule has 1 amide bonds. The summed E-state index contributed by atoms with van der Waals surface area (Å²) in [5.41, 5.74) is 2.66. The molecule has 0 radical (unpaired) electrons. The molecule has 0 saturated carbocycles. The molecule has 5 aromatic rings. The Hall–Kier alpha value is -4.72. The van der Waals surface area contributed by atoms with Crippen LogP contribution in [0.3, 0.4) is 0 Å². The molecule has 3 heterocycles. The van der Waals surface area contributed by atoms with Crippen LogP contribution in [-0.2, 0) is 7.05 Å². The molecule has 0 atom stereocenters. The summed E-state index contributed by atoms with van der Waals surface area (Å²) in [6.45, 7) is 1.84. The maximum atomic E-state index is 13.2. The van der Waals surface area contributed by atoms with Gasteiger partial charge in [-0.05, 0) is 55.5 Å². The Labute approximate surface area is 195 Å². The van der Waals surface area contributed by atoms with E-state index >= 15 is 0 Å². The Kier molecular flexibility index (Phi) is 5.39. The lowest BCUT2D eigenvalue weighted by Crippen LogP contribution is -2.13. The maximum Gasteiger partial charge on any atom is 0.259 e. The first-order valence-electron chi connectivity index (χ1n) is 10.6. The minimum Gasteiger partial charge on any atom is -0.460 e. The number of nitrogens with zero attached hydrogens (tertiary/aromatic N) is 4. The first-order valence-corrected chi connectivity index (χ1v) is 10.6. The zero-order valence-corrected chi connectivity index (χ0v) is 18.6. The van der Waals surface area contributed by atoms with Crippen molar-refractivity contribution in [1.82, 2.24) is 19.3 Å². The van der Waals surface area contributed by atoms with Gasteiger partial charge < -0.3 is 14.3 Å². The third kappa shape index (κ3) is 4.04. The average Bonchev–Trinajstić information content (AvgIpc) is 3.59. The Morgan fingerprint density at radius 3 is 2.38 bits per heavy atom. The molecule has 0 bridgehead atoms. The zero-order valence-electron chi connectivity index (χ0n) is 18.6. The average molecular weight is 451 g/mol. The van der Waals surface area contributed by atoms with Gasteiger partial charge in [0.15, 0.2) is 11.6 Å². The van der Waals surface area contributed by atoms with Gasteiger partial charge in [0.1, 0.15) is 11.5 Å². The topological polar surface area (TPSA) is 95.0 Å². The number of hydrogen-bond donors (Lipinski definition) is 1. The third-order valence-corrected chi connectivity index (χ3v) is 5.38. The van der Waals surface area contributed by atoms with Crippen LogP contribution < -0.4 is 5.32 Å². The van der Waals surface area contributed by atoms with Crippen molar-refractivity contribution in [2.45, 2.75) is 6.92 Å². The van der Waals surface area contributed by atoms with E-state index in [0.717, 1.165) is 11.4 Å². The number of aryl methyl sites for hydroxylation is 2. The van der Waals surface area contributed by atoms with Crippen molar-refractivity contribution >= 4 is 17.4 Å². The van der Waals surface area contributed by atoms with Gasteiger partial charge in [0.2, 0.25) is 5.78 Å². The summed E-state index contributed by atoms with van der Waals surface area (Å²) >= 11 is 0. The second kappa shape index (κ2) is 8.67. The minimum atomic E-state index is -0.339. The van der Waals surface area contributed by atoms with Gasteiger partial charge >= 0.3 is 0 Å². The fraction of sp³-hybridized carbons (Fsp3) is 0.0769. The Morgan fingerprint density at radius 1 is 0.971 bits per heavy atom. The van der Waals surface area contributed by atoms with E-state index in [0.29, 0.717) is 34.1 Å². The number of carbonyl (C=O) groups is 2. The lowest BCUT2D eigenvalue weighted by atomic mass is 10.1. The third-order valence-electron chi connectivity index (χ3n) is 5.38. The lowest BCUT2D eigenvalue weighted by molar-refractivity contribution is 0.102. The van der Waals surface area contributed by atoms with Crippen molar-refractivity contribution in [3.8, 4) is 17.1 Å². The smallest absolute Gasteiger partial charge is 0.259 e. The largest absolute Gasteiger partial charge is 0.460 e. The normalized spacial score (nSPS) is 10.9. The number of hydrogen-bond acceptors (Lipinski definition) is 5. The molecule has 0 unspecified atom stereocenters. The van der Waals surface area contributed by atoms with E-state index in [9.17, 15) is 9.59 Å². The number of carbonyl (C=O) groups excluding carboxylic acids is 2. The molecule has 8 heteroatoms. The van der Waals surface area contributed by atoms with Crippen LogP contribution in [0.5, 0.6) is 0 Å². The van der Waals surface area contributed by atoms with E-state index in [1.54, 1.807) is 65.2 Å².